The highest BCUT2D eigenvalue weighted by Gasteiger charge is 2.21. The van der Waals surface area contributed by atoms with E-state index in [1.54, 1.807) is 29.2 Å². The number of anilines is 1. The summed E-state index contributed by atoms with van der Waals surface area (Å²) in [5, 5.41) is 9.03. The zero-order chi connectivity index (χ0) is 17.2. The molecule has 3 N–H and O–H groups in total. The van der Waals surface area contributed by atoms with Gasteiger partial charge in [-0.2, -0.15) is 0 Å². The Morgan fingerprint density at radius 1 is 1.08 bits per heavy atom. The van der Waals surface area contributed by atoms with Crippen LogP contribution in [0.15, 0.2) is 42.5 Å². The Labute approximate surface area is 146 Å². The fraction of sp³-hybridized carbons (Fsp3) is 0.263. The lowest BCUT2D eigenvalue weighted by Crippen LogP contribution is -2.28. The second-order valence-corrected chi connectivity index (χ2v) is 6.32. The molecule has 6 heteroatoms. The van der Waals surface area contributed by atoms with Gasteiger partial charge in [0.05, 0.1) is 0 Å². The Hall–Kier alpha value is -2.86. The van der Waals surface area contributed by atoms with Gasteiger partial charge < -0.3 is 16.0 Å². The van der Waals surface area contributed by atoms with E-state index in [1.165, 1.54) is 11.1 Å². The van der Waals surface area contributed by atoms with Gasteiger partial charge in [-0.3, -0.25) is 9.69 Å². The first kappa shape index (κ1) is 15.7. The zero-order valence-electron chi connectivity index (χ0n) is 13.8. The number of amides is 3. The van der Waals surface area contributed by atoms with Crippen molar-refractivity contribution in [1.82, 2.24) is 16.0 Å². The summed E-state index contributed by atoms with van der Waals surface area (Å²) in [6, 6.07) is 13.3. The van der Waals surface area contributed by atoms with Gasteiger partial charge >= 0.3 is 6.03 Å². The summed E-state index contributed by atoms with van der Waals surface area (Å²) in [6.45, 7) is 3.61. The quantitative estimate of drug-likeness (QED) is 0.796. The molecule has 0 bridgehead atoms. The predicted molar refractivity (Wildman–Crippen MR) is 95.3 cm³/mol. The van der Waals surface area contributed by atoms with Crippen molar-refractivity contribution < 1.29 is 9.59 Å². The van der Waals surface area contributed by atoms with Crippen molar-refractivity contribution in [2.24, 2.45) is 0 Å². The van der Waals surface area contributed by atoms with E-state index in [2.05, 4.69) is 34.1 Å². The third-order valence-electron chi connectivity index (χ3n) is 4.65. The molecule has 0 aromatic heterocycles. The van der Waals surface area contributed by atoms with Crippen LogP contribution in [-0.2, 0) is 19.6 Å². The fourth-order valence-corrected chi connectivity index (χ4v) is 3.25. The molecule has 0 radical (unpaired) electrons. The molecule has 2 heterocycles. The topological polar surface area (TPSA) is 73.5 Å². The summed E-state index contributed by atoms with van der Waals surface area (Å²) >= 11 is 0. The minimum Gasteiger partial charge on any atom is -0.348 e. The molecular weight excluding hydrogens is 316 g/mol. The van der Waals surface area contributed by atoms with Crippen molar-refractivity contribution in [3.8, 4) is 0 Å². The van der Waals surface area contributed by atoms with E-state index in [-0.39, 0.29) is 11.9 Å². The van der Waals surface area contributed by atoms with Crippen LogP contribution in [0.25, 0.3) is 0 Å². The smallest absolute Gasteiger partial charge is 0.321 e. The molecule has 2 aliphatic heterocycles. The van der Waals surface area contributed by atoms with Crippen LogP contribution in [0.2, 0.25) is 0 Å². The van der Waals surface area contributed by atoms with Gasteiger partial charge in [0, 0.05) is 44.0 Å². The highest BCUT2D eigenvalue weighted by Crippen LogP contribution is 2.18. The molecule has 1 fully saturated rings. The van der Waals surface area contributed by atoms with Crippen molar-refractivity contribution >= 4 is 17.6 Å². The third kappa shape index (κ3) is 3.21. The Bertz CT molecular complexity index is 817. The number of carbonyl (C=O) groups excluding carboxylic acids is 2. The maximum atomic E-state index is 12.3. The van der Waals surface area contributed by atoms with Gasteiger partial charge in [-0.25, -0.2) is 4.79 Å². The van der Waals surface area contributed by atoms with E-state index in [4.69, 9.17) is 0 Å². The van der Waals surface area contributed by atoms with Crippen molar-refractivity contribution in [1.29, 1.82) is 0 Å². The van der Waals surface area contributed by atoms with Gasteiger partial charge in [0.25, 0.3) is 5.91 Å². The Morgan fingerprint density at radius 2 is 1.88 bits per heavy atom. The SMILES string of the molecule is O=C(NCc1ccc2c(c1)CNC2)c1ccc(N2CCNC2=O)cc1. The number of hydrogen-bond acceptors (Lipinski definition) is 3. The molecule has 1 saturated heterocycles. The lowest BCUT2D eigenvalue weighted by molar-refractivity contribution is 0.0951. The number of nitrogens with zero attached hydrogens (tertiary/aromatic N) is 1. The maximum Gasteiger partial charge on any atom is 0.321 e. The van der Waals surface area contributed by atoms with E-state index in [0.717, 1.165) is 24.3 Å². The molecule has 25 heavy (non-hydrogen) atoms. The molecule has 0 saturated carbocycles. The Morgan fingerprint density at radius 3 is 2.64 bits per heavy atom. The molecule has 4 rings (SSSR count). The number of urea groups is 1. The molecule has 2 aromatic carbocycles. The summed E-state index contributed by atoms with van der Waals surface area (Å²) in [5.74, 6) is -0.115. The predicted octanol–water partition coefficient (Wildman–Crippen LogP) is 1.75. The highest BCUT2D eigenvalue weighted by molar-refractivity contribution is 5.96. The summed E-state index contributed by atoms with van der Waals surface area (Å²) < 4.78 is 0. The van der Waals surface area contributed by atoms with Gasteiger partial charge in [-0.05, 0) is 41.0 Å². The molecule has 0 aliphatic carbocycles. The zero-order valence-corrected chi connectivity index (χ0v) is 13.8. The van der Waals surface area contributed by atoms with Crippen LogP contribution in [-0.4, -0.2) is 25.0 Å². The minimum atomic E-state index is -0.115. The molecule has 6 nitrogen and oxygen atoms in total. The van der Waals surface area contributed by atoms with Crippen LogP contribution in [0.5, 0.6) is 0 Å². The van der Waals surface area contributed by atoms with Crippen molar-refractivity contribution in [3.05, 3.63) is 64.7 Å². The van der Waals surface area contributed by atoms with E-state index in [1.807, 2.05) is 0 Å². The summed E-state index contributed by atoms with van der Waals surface area (Å²) in [7, 11) is 0. The molecule has 0 spiro atoms. The number of nitrogens with one attached hydrogen (secondary N) is 3. The van der Waals surface area contributed by atoms with Crippen LogP contribution < -0.4 is 20.9 Å². The van der Waals surface area contributed by atoms with Crippen LogP contribution in [0.3, 0.4) is 0 Å². The fourth-order valence-electron chi connectivity index (χ4n) is 3.25. The van der Waals surface area contributed by atoms with E-state index >= 15 is 0 Å². The van der Waals surface area contributed by atoms with Crippen LogP contribution in [0.1, 0.15) is 27.0 Å². The van der Waals surface area contributed by atoms with E-state index in [0.29, 0.717) is 25.2 Å². The molecule has 3 amide bonds. The number of fused-ring (bicyclic) bond motifs is 1. The van der Waals surface area contributed by atoms with Gasteiger partial charge in [0.15, 0.2) is 0 Å². The van der Waals surface area contributed by atoms with Crippen LogP contribution in [0.4, 0.5) is 10.5 Å². The summed E-state index contributed by atoms with van der Waals surface area (Å²) in [4.78, 5) is 25.7. The number of carbonyl (C=O) groups is 2. The molecule has 2 aliphatic rings. The largest absolute Gasteiger partial charge is 0.348 e. The van der Waals surface area contributed by atoms with Crippen LogP contribution >= 0.6 is 0 Å². The molecule has 0 unspecified atom stereocenters. The Kier molecular flexibility index (Phi) is 4.11. The second kappa shape index (κ2) is 6.57. The average molecular weight is 336 g/mol. The summed E-state index contributed by atoms with van der Waals surface area (Å²) in [5.41, 5.74) is 5.13. The van der Waals surface area contributed by atoms with Crippen molar-refractivity contribution in [2.45, 2.75) is 19.6 Å². The Balaban J connectivity index is 1.38. The number of rotatable bonds is 4. The van der Waals surface area contributed by atoms with Gasteiger partial charge in [0.2, 0.25) is 0 Å². The highest BCUT2D eigenvalue weighted by atomic mass is 16.2. The average Bonchev–Trinajstić information content (AvgIpc) is 3.28. The first-order valence-corrected chi connectivity index (χ1v) is 8.46. The molecular formula is C19H20N4O2. The second-order valence-electron chi connectivity index (χ2n) is 6.32. The van der Waals surface area contributed by atoms with Crippen molar-refractivity contribution in [2.75, 3.05) is 18.0 Å². The first-order valence-electron chi connectivity index (χ1n) is 8.46. The molecule has 128 valence electrons. The third-order valence-corrected chi connectivity index (χ3v) is 4.65. The van der Waals surface area contributed by atoms with Crippen LogP contribution in [0, 0.1) is 0 Å². The van der Waals surface area contributed by atoms with Gasteiger partial charge in [-0.1, -0.05) is 18.2 Å². The normalized spacial score (nSPS) is 15.8. The molecule has 2 aromatic rings. The van der Waals surface area contributed by atoms with Gasteiger partial charge in [-0.15, -0.1) is 0 Å². The lowest BCUT2D eigenvalue weighted by Gasteiger charge is -2.14. The monoisotopic (exact) mass is 336 g/mol. The van der Waals surface area contributed by atoms with E-state index in [9.17, 15) is 9.59 Å². The summed E-state index contributed by atoms with van der Waals surface area (Å²) in [6.07, 6.45) is 0. The lowest BCUT2D eigenvalue weighted by atomic mass is 10.1. The van der Waals surface area contributed by atoms with E-state index < -0.39 is 0 Å². The number of benzene rings is 2. The van der Waals surface area contributed by atoms with Gasteiger partial charge in [0.1, 0.15) is 0 Å². The standard InChI is InChI=1S/C19H20N4O2/c24-18(22-10-13-1-2-15-11-20-12-16(15)9-13)14-3-5-17(6-4-14)23-8-7-21-19(23)25/h1-6,9,20H,7-8,10-12H2,(H,21,25)(H,22,24). The molecule has 0 atom stereocenters. The van der Waals surface area contributed by atoms with Crippen molar-refractivity contribution in [3.63, 3.8) is 0 Å². The minimum absolute atomic E-state index is 0.0942. The maximum absolute atomic E-state index is 12.3. The first-order chi connectivity index (χ1) is 12.2. The number of hydrogen-bond donors (Lipinski definition) is 3.